The summed E-state index contributed by atoms with van der Waals surface area (Å²) in [5.41, 5.74) is -0.0533. The molecule has 268 valence electrons. The molecule has 2 aromatic rings. The van der Waals surface area contributed by atoms with Crippen molar-refractivity contribution in [1.29, 1.82) is 0 Å². The van der Waals surface area contributed by atoms with Crippen molar-refractivity contribution in [3.63, 3.8) is 0 Å². The van der Waals surface area contributed by atoms with Crippen LogP contribution in [0.5, 0.6) is 5.75 Å². The van der Waals surface area contributed by atoms with Crippen LogP contribution in [0.1, 0.15) is 103 Å². The van der Waals surface area contributed by atoms with E-state index in [9.17, 15) is 14.4 Å². The summed E-state index contributed by atoms with van der Waals surface area (Å²) in [6.45, 7) is 18.0. The lowest BCUT2D eigenvalue weighted by Gasteiger charge is -2.64. The minimum absolute atomic E-state index is 0.0773. The van der Waals surface area contributed by atoms with Crippen LogP contribution in [-0.2, 0) is 43.1 Å². The van der Waals surface area contributed by atoms with E-state index < -0.39 is 41.9 Å². The average Bonchev–Trinajstić information content (AvgIpc) is 3.60. The number of amides is 2. The van der Waals surface area contributed by atoms with Crippen molar-refractivity contribution in [1.82, 2.24) is 25.6 Å². The number of nitrogens with one attached hydrogen (secondary N) is 2. The van der Waals surface area contributed by atoms with Crippen LogP contribution in [0, 0.1) is 17.3 Å². The monoisotopic (exact) mass is 681 g/mol. The number of carbonyl (C=O) groups excluding carboxylic acids is 3. The summed E-state index contributed by atoms with van der Waals surface area (Å²) in [6.07, 6.45) is 3.47. The molecule has 13 nitrogen and oxygen atoms in total. The lowest BCUT2D eigenvalue weighted by atomic mass is 9.43. The zero-order valence-corrected chi connectivity index (χ0v) is 30.5. The molecule has 4 aliphatic rings. The van der Waals surface area contributed by atoms with Crippen LogP contribution in [0.3, 0.4) is 0 Å². The predicted molar refractivity (Wildman–Crippen MR) is 182 cm³/mol. The maximum absolute atomic E-state index is 13.5. The van der Waals surface area contributed by atoms with E-state index in [1.54, 1.807) is 43.8 Å². The number of methoxy groups -OCH3 is 1. The first-order valence-electron chi connectivity index (χ1n) is 17.2. The standard InChI is InChI=1S/C35H52BN5O8/c1-32(2,3)46-30(43)24-13-11-12-21(29(24)45-10)16-27(36-48-26-18-22-17-25(34(22,7)8)35(26,9)49-36)38-28(42)14-15-41-20-23(39-40-41)19-37-31(44)47-33(4,5)6/h11-13,20,22,25-27H,14-19H2,1-10H3,(H,37,44)(H,38,42)/t22-,25-,26+,27?,35-/m0/s1. The van der Waals surface area contributed by atoms with Gasteiger partial charge in [0.15, 0.2) is 0 Å². The highest BCUT2D eigenvalue weighted by Gasteiger charge is 2.68. The Balaban J connectivity index is 1.30. The predicted octanol–water partition coefficient (Wildman–Crippen LogP) is 4.65. The van der Waals surface area contributed by atoms with Crippen molar-refractivity contribution >= 4 is 25.1 Å². The number of ether oxygens (including phenoxy) is 3. The lowest BCUT2D eigenvalue weighted by Crippen LogP contribution is -2.65. The molecule has 2 amide bonds. The van der Waals surface area contributed by atoms with Gasteiger partial charge >= 0.3 is 19.2 Å². The molecule has 1 aromatic heterocycles. The van der Waals surface area contributed by atoms with E-state index in [-0.39, 0.29) is 36.9 Å². The van der Waals surface area contributed by atoms with Gasteiger partial charge in [0.25, 0.3) is 0 Å². The number of aryl methyl sites for hydroxylation is 1. The molecule has 1 saturated heterocycles. The number of para-hydroxylation sites is 1. The van der Waals surface area contributed by atoms with Crippen LogP contribution in [-0.4, -0.2) is 76.0 Å². The molecule has 2 bridgehead atoms. The van der Waals surface area contributed by atoms with Crippen molar-refractivity contribution in [2.75, 3.05) is 7.11 Å². The van der Waals surface area contributed by atoms with Crippen LogP contribution in [0.25, 0.3) is 0 Å². The molecule has 14 heteroatoms. The third-order valence-electron chi connectivity index (χ3n) is 9.97. The zero-order chi connectivity index (χ0) is 35.9. The number of benzene rings is 1. The third kappa shape index (κ3) is 8.23. The SMILES string of the molecule is COc1c(CC(NC(=O)CCn2cc(CNC(=O)OC(C)(C)C)nn2)B2O[C@@H]3C[C@@H]4C[C@@H](C4(C)C)[C@]3(C)O2)cccc1C(=O)OC(C)(C)C. The molecular weight excluding hydrogens is 629 g/mol. The van der Waals surface area contributed by atoms with Crippen LogP contribution >= 0.6 is 0 Å². The van der Waals surface area contributed by atoms with Gasteiger partial charge in [-0.3, -0.25) is 9.48 Å². The van der Waals surface area contributed by atoms with Gasteiger partial charge in [-0.25, -0.2) is 9.59 Å². The van der Waals surface area contributed by atoms with Gasteiger partial charge in [-0.1, -0.05) is 31.2 Å². The minimum atomic E-state index is -0.708. The summed E-state index contributed by atoms with van der Waals surface area (Å²) >= 11 is 0. The topological polar surface area (TPSA) is 152 Å². The maximum atomic E-state index is 13.5. The van der Waals surface area contributed by atoms with Gasteiger partial charge in [-0.05, 0) is 96.6 Å². The number of alkyl carbamates (subject to hydrolysis) is 1. The highest BCUT2D eigenvalue weighted by atomic mass is 16.7. The number of rotatable bonds is 11. The fourth-order valence-electron chi connectivity index (χ4n) is 7.50. The first kappa shape index (κ1) is 36.6. The molecule has 6 rings (SSSR count). The molecule has 1 aliphatic heterocycles. The Labute approximate surface area is 289 Å². The molecule has 2 N–H and O–H groups in total. The van der Waals surface area contributed by atoms with Gasteiger partial charge in [0, 0.05) is 6.42 Å². The quantitative estimate of drug-likeness (QED) is 0.253. The van der Waals surface area contributed by atoms with E-state index in [1.165, 1.54) is 7.11 Å². The smallest absolute Gasteiger partial charge is 0.482 e. The first-order chi connectivity index (χ1) is 22.8. The molecule has 1 unspecified atom stereocenters. The van der Waals surface area contributed by atoms with Crippen molar-refractivity contribution in [3.8, 4) is 5.75 Å². The summed E-state index contributed by atoms with van der Waals surface area (Å²) < 4.78 is 31.6. The number of hydrogen-bond donors (Lipinski definition) is 2. The maximum Gasteiger partial charge on any atom is 0.482 e. The Morgan fingerprint density at radius 2 is 1.80 bits per heavy atom. The fraction of sp³-hybridized carbons (Fsp3) is 0.686. The molecule has 5 atom stereocenters. The van der Waals surface area contributed by atoms with E-state index in [1.807, 2.05) is 26.8 Å². The molecule has 4 fully saturated rings. The van der Waals surface area contributed by atoms with E-state index in [4.69, 9.17) is 23.5 Å². The van der Waals surface area contributed by atoms with Crippen molar-refractivity contribution in [3.05, 3.63) is 41.2 Å². The normalized spacial score (nSPS) is 24.7. The number of hydrogen-bond acceptors (Lipinski definition) is 10. The van der Waals surface area contributed by atoms with Gasteiger partial charge in [0.05, 0.1) is 44.0 Å². The molecule has 2 heterocycles. The van der Waals surface area contributed by atoms with Crippen LogP contribution in [0.4, 0.5) is 4.79 Å². The highest BCUT2D eigenvalue weighted by Crippen LogP contribution is 2.65. The third-order valence-corrected chi connectivity index (χ3v) is 9.97. The van der Waals surface area contributed by atoms with Crippen molar-refractivity contribution < 1.29 is 37.9 Å². The second kappa shape index (κ2) is 13.6. The lowest BCUT2D eigenvalue weighted by molar-refractivity contribution is -0.199. The Kier molecular flexibility index (Phi) is 10.2. The van der Waals surface area contributed by atoms with Crippen LogP contribution in [0.15, 0.2) is 24.4 Å². The second-order valence-corrected chi connectivity index (χ2v) is 16.3. The number of nitrogens with zero attached hydrogens (tertiary/aromatic N) is 3. The summed E-state index contributed by atoms with van der Waals surface area (Å²) in [5, 5.41) is 14.0. The molecule has 3 aliphatic carbocycles. The largest absolute Gasteiger partial charge is 0.496 e. The van der Waals surface area contributed by atoms with Crippen molar-refractivity contribution in [2.24, 2.45) is 17.3 Å². The average molecular weight is 682 g/mol. The Bertz CT molecular complexity index is 1550. The van der Waals surface area contributed by atoms with Gasteiger partial charge in [0.2, 0.25) is 5.91 Å². The highest BCUT2D eigenvalue weighted by molar-refractivity contribution is 6.48. The van der Waals surface area contributed by atoms with Gasteiger partial charge in [-0.2, -0.15) is 0 Å². The fourth-order valence-corrected chi connectivity index (χ4v) is 7.50. The second-order valence-electron chi connectivity index (χ2n) is 16.3. The van der Waals surface area contributed by atoms with Gasteiger partial charge in [0.1, 0.15) is 28.2 Å². The molecular formula is C35H52BN5O8. The summed E-state index contributed by atoms with van der Waals surface area (Å²) in [7, 11) is 0.810. The first-order valence-corrected chi connectivity index (χ1v) is 17.2. The molecule has 3 saturated carbocycles. The van der Waals surface area contributed by atoms with Crippen LogP contribution in [0.2, 0.25) is 0 Å². The molecule has 1 aromatic carbocycles. The van der Waals surface area contributed by atoms with Gasteiger partial charge < -0.3 is 34.2 Å². The van der Waals surface area contributed by atoms with Crippen molar-refractivity contribution in [2.45, 2.75) is 130 Å². The number of carbonyl (C=O) groups is 3. The van der Waals surface area contributed by atoms with E-state index >= 15 is 0 Å². The van der Waals surface area contributed by atoms with Crippen LogP contribution < -0.4 is 15.4 Å². The number of aromatic nitrogens is 3. The number of esters is 1. The zero-order valence-electron chi connectivity index (χ0n) is 30.5. The van der Waals surface area contributed by atoms with E-state index in [2.05, 4.69) is 41.7 Å². The van der Waals surface area contributed by atoms with E-state index in [0.29, 0.717) is 40.8 Å². The summed E-state index contributed by atoms with van der Waals surface area (Å²) in [6, 6.07) is 5.33. The Hall–Kier alpha value is -3.65. The Morgan fingerprint density at radius 1 is 1.08 bits per heavy atom. The molecule has 49 heavy (non-hydrogen) atoms. The van der Waals surface area contributed by atoms with Gasteiger partial charge in [-0.15, -0.1) is 5.10 Å². The molecule has 0 radical (unpaired) electrons. The Morgan fingerprint density at radius 3 is 2.45 bits per heavy atom. The van der Waals surface area contributed by atoms with E-state index in [0.717, 1.165) is 12.8 Å². The summed E-state index contributed by atoms with van der Waals surface area (Å²) in [4.78, 5) is 38.6. The molecule has 0 spiro atoms. The minimum Gasteiger partial charge on any atom is -0.496 e. The summed E-state index contributed by atoms with van der Waals surface area (Å²) in [5.74, 6) is 0.00525.